The van der Waals surface area contributed by atoms with E-state index in [1.807, 2.05) is 41.3 Å². The van der Waals surface area contributed by atoms with Crippen molar-refractivity contribution in [3.05, 3.63) is 65.9 Å². The number of aliphatic carboxylic acids is 1. The average molecular weight is 377 g/mol. The maximum atomic E-state index is 12.4. The molecule has 2 heterocycles. The molecule has 3 N–H and O–H groups in total. The van der Waals surface area contributed by atoms with Gasteiger partial charge in [-0.2, -0.15) is 0 Å². The smallest absolute Gasteiger partial charge is 0.325 e. The molecule has 1 fully saturated rings. The lowest BCUT2D eigenvalue weighted by molar-refractivity contribution is -0.144. The van der Waals surface area contributed by atoms with Crippen molar-refractivity contribution in [3.8, 4) is 0 Å². The molecule has 4 rings (SSSR count). The van der Waals surface area contributed by atoms with Gasteiger partial charge in [-0.3, -0.25) is 14.5 Å². The van der Waals surface area contributed by atoms with E-state index in [1.165, 1.54) is 0 Å². The fourth-order valence-corrected chi connectivity index (χ4v) is 3.90. The number of benzene rings is 2. The van der Waals surface area contributed by atoms with E-state index in [9.17, 15) is 14.7 Å². The first-order valence-corrected chi connectivity index (χ1v) is 9.58. The summed E-state index contributed by atoms with van der Waals surface area (Å²) in [5.41, 5.74) is 2.81. The first-order valence-electron chi connectivity index (χ1n) is 9.58. The molecule has 6 heteroatoms. The highest BCUT2D eigenvalue weighted by atomic mass is 16.4. The highest BCUT2D eigenvalue weighted by Gasteiger charge is 2.30. The fraction of sp³-hybridized carbons (Fsp3) is 0.273. The molecule has 0 saturated carbocycles. The van der Waals surface area contributed by atoms with Crippen LogP contribution in [-0.4, -0.2) is 40.0 Å². The number of carbonyl (C=O) groups is 2. The number of anilines is 1. The van der Waals surface area contributed by atoms with E-state index in [0.717, 1.165) is 48.8 Å². The number of rotatable bonds is 5. The number of amides is 1. The third-order valence-corrected chi connectivity index (χ3v) is 5.29. The van der Waals surface area contributed by atoms with Gasteiger partial charge in [0.15, 0.2) is 0 Å². The Morgan fingerprint density at radius 2 is 1.79 bits per heavy atom. The quantitative estimate of drug-likeness (QED) is 0.627. The van der Waals surface area contributed by atoms with Crippen LogP contribution < -0.4 is 5.32 Å². The minimum Gasteiger partial charge on any atom is -0.480 e. The van der Waals surface area contributed by atoms with Crippen molar-refractivity contribution in [3.63, 3.8) is 0 Å². The molecule has 6 nitrogen and oxygen atoms in total. The Bertz CT molecular complexity index is 991. The molecule has 1 unspecified atom stereocenters. The number of piperidine rings is 1. The number of nitrogens with one attached hydrogen (secondary N) is 2. The van der Waals surface area contributed by atoms with Gasteiger partial charge in [0.2, 0.25) is 0 Å². The summed E-state index contributed by atoms with van der Waals surface area (Å²) in [6.07, 6.45) is 4.96. The van der Waals surface area contributed by atoms with Crippen LogP contribution in [0.4, 0.5) is 5.69 Å². The second-order valence-electron chi connectivity index (χ2n) is 7.16. The summed E-state index contributed by atoms with van der Waals surface area (Å²) >= 11 is 0. The number of fused-ring (bicyclic) bond motifs is 1. The number of hydrogen-bond donors (Lipinski definition) is 3. The van der Waals surface area contributed by atoms with E-state index >= 15 is 0 Å². The van der Waals surface area contributed by atoms with Crippen LogP contribution in [0.5, 0.6) is 0 Å². The summed E-state index contributed by atoms with van der Waals surface area (Å²) in [5, 5.41) is 13.6. The second-order valence-corrected chi connectivity index (χ2v) is 7.16. The van der Waals surface area contributed by atoms with Crippen molar-refractivity contribution in [1.29, 1.82) is 0 Å². The van der Waals surface area contributed by atoms with Gasteiger partial charge in [0.1, 0.15) is 6.04 Å². The predicted molar refractivity (Wildman–Crippen MR) is 108 cm³/mol. The van der Waals surface area contributed by atoms with Crippen molar-refractivity contribution in [2.45, 2.75) is 25.3 Å². The highest BCUT2D eigenvalue weighted by molar-refractivity contribution is 6.05. The Morgan fingerprint density at radius 3 is 2.50 bits per heavy atom. The SMILES string of the molecule is O=C(Nc1ccc2[nH]cc(C(C(=O)O)N3CCCCC3)c2c1)c1ccccc1. The molecule has 1 aliphatic rings. The zero-order valence-electron chi connectivity index (χ0n) is 15.5. The summed E-state index contributed by atoms with van der Waals surface area (Å²) in [5.74, 6) is -1.04. The standard InChI is InChI=1S/C22H23N3O3/c26-21(15-7-3-1-4-8-15)24-16-9-10-19-17(13-16)18(14-23-19)20(22(27)28)25-11-5-2-6-12-25/h1,3-4,7-10,13-14,20,23H,2,5-6,11-12H2,(H,24,26)(H,27,28). The highest BCUT2D eigenvalue weighted by Crippen LogP contribution is 2.32. The summed E-state index contributed by atoms with van der Waals surface area (Å²) in [6.45, 7) is 1.57. The van der Waals surface area contributed by atoms with Gasteiger partial charge in [-0.05, 0) is 56.3 Å². The van der Waals surface area contributed by atoms with Crippen LogP contribution in [0.15, 0.2) is 54.7 Å². The third-order valence-electron chi connectivity index (χ3n) is 5.29. The molecule has 28 heavy (non-hydrogen) atoms. The number of H-pyrrole nitrogens is 1. The van der Waals surface area contributed by atoms with Gasteiger partial charge in [-0.25, -0.2) is 0 Å². The van der Waals surface area contributed by atoms with Crippen molar-refractivity contribution >= 4 is 28.5 Å². The molecular weight excluding hydrogens is 354 g/mol. The molecule has 1 amide bonds. The Morgan fingerprint density at radius 1 is 1.04 bits per heavy atom. The molecular formula is C22H23N3O3. The van der Waals surface area contributed by atoms with Crippen LogP contribution >= 0.6 is 0 Å². The number of carboxylic acids is 1. The minimum absolute atomic E-state index is 0.192. The fourth-order valence-electron chi connectivity index (χ4n) is 3.90. The number of nitrogens with zero attached hydrogens (tertiary/aromatic N) is 1. The van der Waals surface area contributed by atoms with Crippen LogP contribution in [0.25, 0.3) is 10.9 Å². The Hall–Kier alpha value is -3.12. The van der Waals surface area contributed by atoms with Crippen molar-refractivity contribution < 1.29 is 14.7 Å². The zero-order chi connectivity index (χ0) is 19.5. The minimum atomic E-state index is -0.846. The maximum absolute atomic E-state index is 12.4. The van der Waals surface area contributed by atoms with E-state index in [1.54, 1.807) is 18.3 Å². The molecule has 0 aliphatic carbocycles. The largest absolute Gasteiger partial charge is 0.480 e. The monoisotopic (exact) mass is 377 g/mol. The molecule has 0 bridgehead atoms. The number of aromatic amines is 1. The number of hydrogen-bond acceptors (Lipinski definition) is 3. The van der Waals surface area contributed by atoms with Crippen molar-refractivity contribution in [2.24, 2.45) is 0 Å². The molecule has 2 aromatic carbocycles. The average Bonchev–Trinajstić information content (AvgIpc) is 3.12. The van der Waals surface area contributed by atoms with Crippen LogP contribution in [0.3, 0.4) is 0 Å². The lowest BCUT2D eigenvalue weighted by atomic mass is 10.0. The van der Waals surface area contributed by atoms with E-state index in [2.05, 4.69) is 10.3 Å². The zero-order valence-corrected chi connectivity index (χ0v) is 15.5. The Kier molecular flexibility index (Phi) is 5.12. The van der Waals surface area contributed by atoms with Gasteiger partial charge in [0.25, 0.3) is 5.91 Å². The van der Waals surface area contributed by atoms with E-state index in [0.29, 0.717) is 11.3 Å². The lowest BCUT2D eigenvalue weighted by Crippen LogP contribution is -2.37. The van der Waals surface area contributed by atoms with Crippen LogP contribution in [-0.2, 0) is 4.79 Å². The van der Waals surface area contributed by atoms with Gasteiger partial charge >= 0.3 is 5.97 Å². The van der Waals surface area contributed by atoms with E-state index in [-0.39, 0.29) is 5.91 Å². The van der Waals surface area contributed by atoms with E-state index < -0.39 is 12.0 Å². The molecule has 1 saturated heterocycles. The molecule has 144 valence electrons. The lowest BCUT2D eigenvalue weighted by Gasteiger charge is -2.31. The summed E-state index contributed by atoms with van der Waals surface area (Å²) in [4.78, 5) is 29.7. The molecule has 0 spiro atoms. The normalized spacial score (nSPS) is 16.0. The van der Waals surface area contributed by atoms with Gasteiger partial charge in [-0.1, -0.05) is 24.6 Å². The Labute approximate surface area is 163 Å². The number of aromatic nitrogens is 1. The summed E-state index contributed by atoms with van der Waals surface area (Å²) < 4.78 is 0. The van der Waals surface area contributed by atoms with Crippen LogP contribution in [0.2, 0.25) is 0 Å². The maximum Gasteiger partial charge on any atom is 0.325 e. The van der Waals surface area contributed by atoms with Crippen molar-refractivity contribution in [1.82, 2.24) is 9.88 Å². The summed E-state index contributed by atoms with van der Waals surface area (Å²) in [6, 6.07) is 13.9. The first kappa shape index (κ1) is 18.3. The van der Waals surface area contributed by atoms with Gasteiger partial charge in [0, 0.05) is 33.9 Å². The molecule has 0 radical (unpaired) electrons. The second kappa shape index (κ2) is 7.86. The van der Waals surface area contributed by atoms with Gasteiger partial charge < -0.3 is 15.4 Å². The van der Waals surface area contributed by atoms with Crippen molar-refractivity contribution in [2.75, 3.05) is 18.4 Å². The van der Waals surface area contributed by atoms with Gasteiger partial charge in [0.05, 0.1) is 0 Å². The van der Waals surface area contributed by atoms with Crippen LogP contribution in [0.1, 0.15) is 41.2 Å². The molecule has 1 aromatic heterocycles. The first-order chi connectivity index (χ1) is 13.6. The van der Waals surface area contributed by atoms with Gasteiger partial charge in [-0.15, -0.1) is 0 Å². The predicted octanol–water partition coefficient (Wildman–Crippen LogP) is 4.03. The molecule has 1 atom stereocenters. The Balaban J connectivity index is 1.65. The molecule has 3 aromatic rings. The molecule has 1 aliphatic heterocycles. The number of likely N-dealkylation sites (tertiary alicyclic amines) is 1. The van der Waals surface area contributed by atoms with Crippen LogP contribution in [0, 0.1) is 0 Å². The third kappa shape index (κ3) is 3.64. The number of carbonyl (C=O) groups excluding carboxylic acids is 1. The topological polar surface area (TPSA) is 85.4 Å². The van der Waals surface area contributed by atoms with E-state index in [4.69, 9.17) is 0 Å². The summed E-state index contributed by atoms with van der Waals surface area (Å²) in [7, 11) is 0. The number of carboxylic acid groups (broad SMARTS) is 1.